The van der Waals surface area contributed by atoms with Gasteiger partial charge in [-0.2, -0.15) is 0 Å². The van der Waals surface area contributed by atoms with Crippen LogP contribution in [0.3, 0.4) is 0 Å². The van der Waals surface area contributed by atoms with Gasteiger partial charge >= 0.3 is 5.97 Å². The van der Waals surface area contributed by atoms with E-state index in [1.54, 1.807) is 13.0 Å². The molecule has 0 atom stereocenters. The molecule has 2 N–H and O–H groups in total. The standard InChI is InChI=1S/C15H19NO3/c1-4-18-14(17)12(16)8-10-6-5-7-11-13(10)19-9-15(11,2)3/h5-8H,4,9,16H2,1-3H3/b12-8-. The average molecular weight is 261 g/mol. The lowest BCUT2D eigenvalue weighted by Gasteiger charge is -2.14. The third-order valence-electron chi connectivity index (χ3n) is 3.17. The lowest BCUT2D eigenvalue weighted by Crippen LogP contribution is -2.18. The molecule has 0 aliphatic carbocycles. The lowest BCUT2D eigenvalue weighted by molar-refractivity contribution is -0.138. The average Bonchev–Trinajstić information content (AvgIpc) is 2.67. The second-order valence-electron chi connectivity index (χ2n) is 5.22. The first-order chi connectivity index (χ1) is 8.95. The van der Waals surface area contributed by atoms with E-state index in [9.17, 15) is 4.79 Å². The number of fused-ring (bicyclic) bond motifs is 1. The number of nitrogens with two attached hydrogens (primary N) is 1. The molecule has 0 fully saturated rings. The third-order valence-corrected chi connectivity index (χ3v) is 3.17. The molecular formula is C15H19NO3. The molecule has 0 amide bonds. The summed E-state index contributed by atoms with van der Waals surface area (Å²) in [4.78, 5) is 11.5. The number of ether oxygens (including phenoxy) is 2. The van der Waals surface area contributed by atoms with E-state index in [2.05, 4.69) is 13.8 Å². The van der Waals surface area contributed by atoms with E-state index in [-0.39, 0.29) is 11.1 Å². The van der Waals surface area contributed by atoms with Gasteiger partial charge < -0.3 is 15.2 Å². The number of hydrogen-bond acceptors (Lipinski definition) is 4. The van der Waals surface area contributed by atoms with Crippen LogP contribution in [-0.2, 0) is 14.9 Å². The normalized spacial score (nSPS) is 16.7. The Morgan fingerprint density at radius 1 is 1.53 bits per heavy atom. The molecular weight excluding hydrogens is 242 g/mol. The number of para-hydroxylation sites is 1. The number of carbonyl (C=O) groups is 1. The van der Waals surface area contributed by atoms with Gasteiger partial charge in [-0.15, -0.1) is 0 Å². The lowest BCUT2D eigenvalue weighted by atomic mass is 9.86. The number of benzene rings is 1. The van der Waals surface area contributed by atoms with Crippen molar-refractivity contribution in [3.8, 4) is 5.75 Å². The summed E-state index contributed by atoms with van der Waals surface area (Å²) in [6.07, 6.45) is 1.61. The SMILES string of the molecule is CCOC(=O)/C(N)=C/c1cccc2c1OCC2(C)C. The van der Waals surface area contributed by atoms with Gasteiger partial charge in [0.25, 0.3) is 0 Å². The van der Waals surface area contributed by atoms with Gasteiger partial charge in [0.2, 0.25) is 0 Å². The minimum Gasteiger partial charge on any atom is -0.492 e. The Hall–Kier alpha value is -1.97. The summed E-state index contributed by atoms with van der Waals surface area (Å²) in [5, 5.41) is 0. The fraction of sp³-hybridized carbons (Fsp3) is 0.400. The fourth-order valence-electron chi connectivity index (χ4n) is 2.13. The molecule has 0 unspecified atom stereocenters. The summed E-state index contributed by atoms with van der Waals surface area (Å²) in [5.74, 6) is 0.303. The zero-order valence-corrected chi connectivity index (χ0v) is 11.5. The summed E-state index contributed by atoms with van der Waals surface area (Å²) in [6.45, 7) is 6.94. The molecule has 2 rings (SSSR count). The van der Waals surface area contributed by atoms with Crippen molar-refractivity contribution in [3.63, 3.8) is 0 Å². The van der Waals surface area contributed by atoms with E-state index in [0.717, 1.165) is 16.9 Å². The van der Waals surface area contributed by atoms with Gasteiger partial charge in [-0.25, -0.2) is 4.79 Å². The van der Waals surface area contributed by atoms with Gasteiger partial charge in [-0.1, -0.05) is 32.0 Å². The van der Waals surface area contributed by atoms with Gasteiger partial charge in [0.1, 0.15) is 11.4 Å². The highest BCUT2D eigenvalue weighted by Crippen LogP contribution is 2.41. The highest BCUT2D eigenvalue weighted by atomic mass is 16.5. The quantitative estimate of drug-likeness (QED) is 0.669. The van der Waals surface area contributed by atoms with E-state index >= 15 is 0 Å². The van der Waals surface area contributed by atoms with Crippen LogP contribution in [0.1, 0.15) is 31.9 Å². The molecule has 1 aliphatic rings. The van der Waals surface area contributed by atoms with Crippen LogP contribution in [0.5, 0.6) is 5.75 Å². The molecule has 1 aromatic rings. The largest absolute Gasteiger partial charge is 0.492 e. The number of hydrogen-bond donors (Lipinski definition) is 1. The van der Waals surface area contributed by atoms with E-state index in [1.807, 2.05) is 18.2 Å². The van der Waals surface area contributed by atoms with Crippen molar-refractivity contribution in [2.75, 3.05) is 13.2 Å². The van der Waals surface area contributed by atoms with Gasteiger partial charge in [0, 0.05) is 16.5 Å². The van der Waals surface area contributed by atoms with Gasteiger partial charge in [0.05, 0.1) is 13.2 Å². The second kappa shape index (κ2) is 4.96. The summed E-state index contributed by atoms with van der Waals surface area (Å²) < 4.78 is 10.6. The molecule has 1 heterocycles. The summed E-state index contributed by atoms with van der Waals surface area (Å²) in [5.41, 5.74) is 7.75. The van der Waals surface area contributed by atoms with E-state index < -0.39 is 5.97 Å². The van der Waals surface area contributed by atoms with Gasteiger partial charge in [-0.05, 0) is 13.0 Å². The van der Waals surface area contributed by atoms with Gasteiger partial charge in [-0.3, -0.25) is 0 Å². The smallest absolute Gasteiger partial charge is 0.354 e. The van der Waals surface area contributed by atoms with Crippen LogP contribution >= 0.6 is 0 Å². The number of rotatable bonds is 3. The Bertz CT molecular complexity index is 532. The molecule has 0 aromatic heterocycles. The first kappa shape index (κ1) is 13.5. The van der Waals surface area contributed by atoms with Crippen molar-refractivity contribution in [2.45, 2.75) is 26.2 Å². The molecule has 19 heavy (non-hydrogen) atoms. The first-order valence-electron chi connectivity index (χ1n) is 6.36. The Kier molecular flexibility index (Phi) is 3.51. The number of carbonyl (C=O) groups excluding carboxylic acids is 1. The molecule has 1 aliphatic heterocycles. The molecule has 0 spiro atoms. The van der Waals surface area contributed by atoms with Crippen LogP contribution in [0.25, 0.3) is 6.08 Å². The molecule has 4 heteroatoms. The fourth-order valence-corrected chi connectivity index (χ4v) is 2.13. The van der Waals surface area contributed by atoms with Crippen LogP contribution in [-0.4, -0.2) is 19.2 Å². The summed E-state index contributed by atoms with van der Waals surface area (Å²) in [7, 11) is 0. The van der Waals surface area contributed by atoms with Crippen LogP contribution in [0.15, 0.2) is 23.9 Å². The van der Waals surface area contributed by atoms with Gasteiger partial charge in [0.15, 0.2) is 0 Å². The number of esters is 1. The predicted octanol–water partition coefficient (Wildman–Crippen LogP) is 2.22. The van der Waals surface area contributed by atoms with Crippen molar-refractivity contribution < 1.29 is 14.3 Å². The molecule has 102 valence electrons. The Labute approximate surface area is 113 Å². The van der Waals surface area contributed by atoms with E-state index in [0.29, 0.717) is 13.2 Å². The molecule has 1 aromatic carbocycles. The Morgan fingerprint density at radius 2 is 2.26 bits per heavy atom. The first-order valence-corrected chi connectivity index (χ1v) is 6.36. The maximum absolute atomic E-state index is 11.5. The molecule has 0 saturated heterocycles. The molecule has 0 radical (unpaired) electrons. The van der Waals surface area contributed by atoms with Crippen molar-refractivity contribution in [2.24, 2.45) is 5.73 Å². The zero-order chi connectivity index (χ0) is 14.0. The highest BCUT2D eigenvalue weighted by molar-refractivity contribution is 5.93. The van der Waals surface area contributed by atoms with Crippen molar-refractivity contribution in [3.05, 3.63) is 35.0 Å². The minimum absolute atomic E-state index is 0.0160. The topological polar surface area (TPSA) is 61.5 Å². The molecule has 0 saturated carbocycles. The third kappa shape index (κ3) is 2.57. The van der Waals surface area contributed by atoms with E-state index in [4.69, 9.17) is 15.2 Å². The van der Waals surface area contributed by atoms with Crippen molar-refractivity contribution in [1.82, 2.24) is 0 Å². The van der Waals surface area contributed by atoms with Crippen LogP contribution in [0, 0.1) is 0 Å². The Morgan fingerprint density at radius 3 is 2.95 bits per heavy atom. The monoisotopic (exact) mass is 261 g/mol. The maximum atomic E-state index is 11.5. The predicted molar refractivity (Wildman–Crippen MR) is 73.8 cm³/mol. The minimum atomic E-state index is -0.502. The van der Waals surface area contributed by atoms with Crippen molar-refractivity contribution >= 4 is 12.0 Å². The Balaban J connectivity index is 2.36. The van der Waals surface area contributed by atoms with Crippen LogP contribution in [0.4, 0.5) is 0 Å². The second-order valence-corrected chi connectivity index (χ2v) is 5.22. The van der Waals surface area contributed by atoms with Crippen LogP contribution < -0.4 is 10.5 Å². The summed E-state index contributed by atoms with van der Waals surface area (Å²) >= 11 is 0. The zero-order valence-electron chi connectivity index (χ0n) is 11.5. The van der Waals surface area contributed by atoms with Crippen molar-refractivity contribution in [1.29, 1.82) is 0 Å². The summed E-state index contributed by atoms with van der Waals surface area (Å²) in [6, 6.07) is 5.87. The van der Waals surface area contributed by atoms with E-state index in [1.165, 1.54) is 0 Å². The maximum Gasteiger partial charge on any atom is 0.354 e. The molecule has 0 bridgehead atoms. The van der Waals surface area contributed by atoms with Crippen LogP contribution in [0.2, 0.25) is 0 Å². The highest BCUT2D eigenvalue weighted by Gasteiger charge is 2.32. The molecule has 4 nitrogen and oxygen atoms in total.